The zero-order valence-corrected chi connectivity index (χ0v) is 16.0. The fraction of sp³-hybridized carbons (Fsp3) is 0.211. The van der Waals surface area contributed by atoms with Crippen LogP contribution < -0.4 is 0 Å². The minimum atomic E-state index is -4.05. The zero-order valence-electron chi connectivity index (χ0n) is 15.1. The number of para-hydroxylation sites is 1. The van der Waals surface area contributed by atoms with Gasteiger partial charge in [-0.05, 0) is 38.1 Å². The lowest BCUT2D eigenvalue weighted by molar-refractivity contribution is 0.463. The smallest absolute Gasteiger partial charge is 0.238 e. The van der Waals surface area contributed by atoms with E-state index >= 15 is 0 Å². The van der Waals surface area contributed by atoms with E-state index in [1.54, 1.807) is 11.6 Å². The molecule has 0 atom stereocenters. The Morgan fingerprint density at radius 1 is 1.04 bits per heavy atom. The summed E-state index contributed by atoms with van der Waals surface area (Å²) < 4.78 is 55.1. The largest absolute Gasteiger partial charge is 0.243 e. The Bertz CT molecular complexity index is 1060. The van der Waals surface area contributed by atoms with Crippen molar-refractivity contribution in [1.82, 2.24) is 14.1 Å². The highest BCUT2D eigenvalue weighted by Crippen LogP contribution is 2.23. The van der Waals surface area contributed by atoms with Crippen molar-refractivity contribution in [3.05, 3.63) is 77.1 Å². The molecule has 0 unspecified atom stereocenters. The summed E-state index contributed by atoms with van der Waals surface area (Å²) in [6.07, 6.45) is 0. The molecule has 2 aromatic carbocycles. The summed E-state index contributed by atoms with van der Waals surface area (Å²) in [4.78, 5) is -0.423. The number of benzene rings is 2. The molecule has 3 aromatic rings. The molecule has 8 heteroatoms. The van der Waals surface area contributed by atoms with Crippen LogP contribution in [0.25, 0.3) is 5.69 Å². The number of hydrogen-bond donors (Lipinski definition) is 0. The molecule has 0 bridgehead atoms. The Hall–Kier alpha value is -2.58. The molecule has 0 aliphatic carbocycles. The van der Waals surface area contributed by atoms with Gasteiger partial charge in [-0.1, -0.05) is 18.2 Å². The van der Waals surface area contributed by atoms with E-state index in [1.165, 1.54) is 7.05 Å². The van der Waals surface area contributed by atoms with Crippen LogP contribution in [-0.4, -0.2) is 29.6 Å². The maximum atomic E-state index is 13.4. The first-order valence-corrected chi connectivity index (χ1v) is 9.67. The van der Waals surface area contributed by atoms with Gasteiger partial charge in [-0.15, -0.1) is 0 Å². The van der Waals surface area contributed by atoms with Gasteiger partial charge in [0, 0.05) is 30.9 Å². The van der Waals surface area contributed by atoms with E-state index in [0.717, 1.165) is 33.4 Å². The van der Waals surface area contributed by atoms with Gasteiger partial charge in [0.05, 0.1) is 16.3 Å². The Kier molecular flexibility index (Phi) is 5.12. The number of aromatic nitrogens is 2. The number of nitrogens with zero attached hydrogens (tertiary/aromatic N) is 3. The van der Waals surface area contributed by atoms with Gasteiger partial charge in [-0.25, -0.2) is 21.9 Å². The van der Waals surface area contributed by atoms with E-state index in [2.05, 4.69) is 5.10 Å². The first-order valence-electron chi connectivity index (χ1n) is 8.23. The standard InChI is InChI=1S/C19H19F2N3O2S/c1-13-19(14(2)24(22-13)17-7-5-4-6-8-17)12-23(3)27(25,26)18-10-15(20)9-16(21)11-18/h4-11H,12H2,1-3H3. The van der Waals surface area contributed by atoms with Crippen LogP contribution in [0, 0.1) is 25.5 Å². The van der Waals surface area contributed by atoms with Crippen molar-refractivity contribution in [2.45, 2.75) is 25.3 Å². The molecule has 142 valence electrons. The van der Waals surface area contributed by atoms with Gasteiger partial charge >= 0.3 is 0 Å². The van der Waals surface area contributed by atoms with Crippen LogP contribution >= 0.6 is 0 Å². The molecule has 0 saturated heterocycles. The van der Waals surface area contributed by atoms with Crippen molar-refractivity contribution in [2.24, 2.45) is 0 Å². The van der Waals surface area contributed by atoms with E-state index in [4.69, 9.17) is 0 Å². The van der Waals surface area contributed by atoms with Crippen LogP contribution in [0.2, 0.25) is 0 Å². The number of aryl methyl sites for hydroxylation is 1. The van der Waals surface area contributed by atoms with Crippen LogP contribution in [0.15, 0.2) is 53.4 Å². The summed E-state index contributed by atoms with van der Waals surface area (Å²) in [5.74, 6) is -1.88. The average Bonchev–Trinajstić information content (AvgIpc) is 2.89. The highest BCUT2D eigenvalue weighted by Gasteiger charge is 2.25. The lowest BCUT2D eigenvalue weighted by Crippen LogP contribution is -2.27. The lowest BCUT2D eigenvalue weighted by atomic mass is 10.2. The molecule has 3 rings (SSSR count). The fourth-order valence-corrected chi connectivity index (χ4v) is 4.07. The molecule has 0 N–H and O–H groups in total. The van der Waals surface area contributed by atoms with Crippen LogP contribution in [0.1, 0.15) is 17.0 Å². The van der Waals surface area contributed by atoms with Gasteiger partial charge < -0.3 is 0 Å². The van der Waals surface area contributed by atoms with Crippen molar-refractivity contribution in [3.63, 3.8) is 0 Å². The second kappa shape index (κ2) is 7.21. The molecule has 0 aliphatic rings. The van der Waals surface area contributed by atoms with E-state index in [1.807, 2.05) is 37.3 Å². The van der Waals surface area contributed by atoms with Crippen molar-refractivity contribution in [2.75, 3.05) is 7.05 Å². The topological polar surface area (TPSA) is 55.2 Å². The third kappa shape index (κ3) is 3.77. The molecule has 1 heterocycles. The lowest BCUT2D eigenvalue weighted by Gasteiger charge is -2.18. The normalized spacial score (nSPS) is 11.9. The van der Waals surface area contributed by atoms with Gasteiger partial charge in [0.2, 0.25) is 10.0 Å². The Morgan fingerprint density at radius 3 is 2.22 bits per heavy atom. The average molecular weight is 391 g/mol. The predicted molar refractivity (Wildman–Crippen MR) is 98.0 cm³/mol. The van der Waals surface area contributed by atoms with E-state index in [9.17, 15) is 17.2 Å². The molecule has 0 saturated carbocycles. The van der Waals surface area contributed by atoms with Crippen molar-refractivity contribution < 1.29 is 17.2 Å². The van der Waals surface area contributed by atoms with E-state index in [-0.39, 0.29) is 6.54 Å². The number of halogens is 2. The first-order chi connectivity index (χ1) is 12.7. The Labute approximate surface area is 156 Å². The van der Waals surface area contributed by atoms with Crippen molar-refractivity contribution >= 4 is 10.0 Å². The third-order valence-electron chi connectivity index (χ3n) is 4.37. The second-order valence-electron chi connectivity index (χ2n) is 6.26. The molecule has 0 amide bonds. The maximum Gasteiger partial charge on any atom is 0.243 e. The van der Waals surface area contributed by atoms with Gasteiger partial charge in [0.1, 0.15) is 11.6 Å². The van der Waals surface area contributed by atoms with Gasteiger partial charge in [-0.2, -0.15) is 9.40 Å². The number of sulfonamides is 1. The summed E-state index contributed by atoms with van der Waals surface area (Å²) >= 11 is 0. The van der Waals surface area contributed by atoms with Crippen molar-refractivity contribution in [3.8, 4) is 5.69 Å². The Balaban J connectivity index is 1.94. The maximum absolute atomic E-state index is 13.4. The van der Waals surface area contributed by atoms with Crippen LogP contribution in [0.5, 0.6) is 0 Å². The molecule has 0 spiro atoms. The second-order valence-corrected chi connectivity index (χ2v) is 8.31. The molecule has 0 aliphatic heterocycles. The quantitative estimate of drug-likeness (QED) is 0.668. The van der Waals surface area contributed by atoms with Gasteiger partial charge in [0.15, 0.2) is 0 Å². The number of rotatable bonds is 5. The highest BCUT2D eigenvalue weighted by atomic mass is 32.2. The predicted octanol–water partition coefficient (Wildman–Crippen LogP) is 3.59. The minimum Gasteiger partial charge on any atom is -0.238 e. The van der Waals surface area contributed by atoms with E-state index in [0.29, 0.717) is 11.8 Å². The fourth-order valence-electron chi connectivity index (χ4n) is 2.89. The highest BCUT2D eigenvalue weighted by molar-refractivity contribution is 7.89. The van der Waals surface area contributed by atoms with Gasteiger partial charge in [0.25, 0.3) is 0 Å². The van der Waals surface area contributed by atoms with Crippen molar-refractivity contribution in [1.29, 1.82) is 0 Å². The molecular formula is C19H19F2N3O2S. The molecule has 5 nitrogen and oxygen atoms in total. The SMILES string of the molecule is Cc1nn(-c2ccccc2)c(C)c1CN(C)S(=O)(=O)c1cc(F)cc(F)c1. The summed E-state index contributed by atoms with van der Waals surface area (Å²) in [6, 6.07) is 11.7. The summed E-state index contributed by atoms with van der Waals surface area (Å²) in [5, 5.41) is 4.49. The summed E-state index contributed by atoms with van der Waals surface area (Å²) in [6.45, 7) is 3.68. The van der Waals surface area contributed by atoms with Crippen LogP contribution in [0.4, 0.5) is 8.78 Å². The molecule has 0 radical (unpaired) electrons. The third-order valence-corrected chi connectivity index (χ3v) is 6.15. The van der Waals surface area contributed by atoms with Gasteiger partial charge in [-0.3, -0.25) is 0 Å². The first kappa shape index (κ1) is 19.2. The zero-order chi connectivity index (χ0) is 19.8. The molecule has 0 fully saturated rings. The summed E-state index contributed by atoms with van der Waals surface area (Å²) in [7, 11) is -2.68. The van der Waals surface area contributed by atoms with Crippen LogP contribution in [-0.2, 0) is 16.6 Å². The minimum absolute atomic E-state index is 0.0327. The van der Waals surface area contributed by atoms with Crippen LogP contribution in [0.3, 0.4) is 0 Å². The monoisotopic (exact) mass is 391 g/mol. The van der Waals surface area contributed by atoms with E-state index < -0.39 is 26.6 Å². The Morgan fingerprint density at radius 2 is 1.63 bits per heavy atom. The number of hydrogen-bond acceptors (Lipinski definition) is 3. The molecular weight excluding hydrogens is 372 g/mol. The molecule has 27 heavy (non-hydrogen) atoms. The summed E-state index contributed by atoms with van der Waals surface area (Å²) in [5.41, 5.74) is 3.08. The molecule has 1 aromatic heterocycles.